The van der Waals surface area contributed by atoms with Crippen molar-refractivity contribution in [2.75, 3.05) is 54.4 Å². The Morgan fingerprint density at radius 1 is 1.10 bits per heavy atom. The molecule has 11 heteroatoms. The molecule has 3 aromatic rings. The zero-order valence-electron chi connectivity index (χ0n) is 25.4. The topological polar surface area (TPSA) is 86.7 Å². The van der Waals surface area contributed by atoms with E-state index in [4.69, 9.17) is 21.3 Å². The summed E-state index contributed by atoms with van der Waals surface area (Å²) >= 11 is 7.86. The van der Waals surface area contributed by atoms with E-state index in [1.54, 1.807) is 17.2 Å². The van der Waals surface area contributed by atoms with Crippen LogP contribution in [0.15, 0.2) is 30.5 Å². The largest absolute Gasteiger partial charge is 0.375 e. The van der Waals surface area contributed by atoms with Gasteiger partial charge in [0.15, 0.2) is 5.01 Å². The lowest BCUT2D eigenvalue weighted by molar-refractivity contribution is -0.0135. The zero-order valence-corrected chi connectivity index (χ0v) is 27.0. The number of piperazine rings is 1. The van der Waals surface area contributed by atoms with Crippen molar-refractivity contribution >= 4 is 51.2 Å². The molecule has 41 heavy (non-hydrogen) atoms. The number of amides is 1. The lowest BCUT2D eigenvalue weighted by Crippen LogP contribution is -2.48. The van der Waals surface area contributed by atoms with E-state index in [1.807, 2.05) is 52.8 Å². The summed E-state index contributed by atoms with van der Waals surface area (Å²) in [5, 5.41) is 4.98. The van der Waals surface area contributed by atoms with Crippen molar-refractivity contribution in [1.82, 2.24) is 19.9 Å². The molecule has 1 aliphatic rings. The number of hydrogen-bond donors (Lipinski definition) is 1. The number of carbonyl (C=O) groups is 1. The Kier molecular flexibility index (Phi) is 9.58. The van der Waals surface area contributed by atoms with E-state index < -0.39 is 5.54 Å². The van der Waals surface area contributed by atoms with Crippen LogP contribution >= 0.6 is 22.9 Å². The summed E-state index contributed by atoms with van der Waals surface area (Å²) in [5.74, 6) is 2.04. The van der Waals surface area contributed by atoms with Gasteiger partial charge in [0.05, 0.1) is 29.1 Å². The van der Waals surface area contributed by atoms with Crippen molar-refractivity contribution < 1.29 is 9.53 Å². The zero-order chi connectivity index (χ0) is 29.9. The van der Waals surface area contributed by atoms with Crippen LogP contribution in [-0.2, 0) is 4.74 Å². The van der Waals surface area contributed by atoms with Gasteiger partial charge in [0.2, 0.25) is 0 Å². The molecular formula is C30H42ClN7O2S. The van der Waals surface area contributed by atoms with E-state index in [0.29, 0.717) is 27.4 Å². The summed E-state index contributed by atoms with van der Waals surface area (Å²) in [4.78, 5) is 34.0. The first-order chi connectivity index (χ1) is 19.2. The maximum Gasteiger partial charge on any atom is 0.287 e. The van der Waals surface area contributed by atoms with Gasteiger partial charge in [-0.1, -0.05) is 35.1 Å². The highest BCUT2D eigenvalue weighted by atomic mass is 35.5. The molecule has 9 nitrogen and oxygen atoms in total. The van der Waals surface area contributed by atoms with Crippen LogP contribution in [0.5, 0.6) is 0 Å². The number of ether oxygens (including phenoxy) is 1. The van der Waals surface area contributed by atoms with Gasteiger partial charge in [-0.2, -0.15) is 0 Å². The number of halogens is 1. The average Bonchev–Trinajstić information content (AvgIpc) is 3.33. The van der Waals surface area contributed by atoms with Gasteiger partial charge in [-0.05, 0) is 67.0 Å². The number of anilines is 4. The maximum absolute atomic E-state index is 13.8. The van der Waals surface area contributed by atoms with Gasteiger partial charge in [0.25, 0.3) is 5.91 Å². The first kappa shape index (κ1) is 31.2. The molecule has 1 amide bonds. The van der Waals surface area contributed by atoms with E-state index in [2.05, 4.69) is 45.9 Å². The second-order valence-electron chi connectivity index (χ2n) is 12.3. The van der Waals surface area contributed by atoms with Crippen LogP contribution in [0.1, 0.15) is 62.7 Å². The van der Waals surface area contributed by atoms with Gasteiger partial charge in [0.1, 0.15) is 22.5 Å². The van der Waals surface area contributed by atoms with E-state index >= 15 is 0 Å². The number of nitrogens with one attached hydrogen (secondary N) is 1. The fraction of sp³-hybridized carbons (Fsp3) is 0.533. The molecule has 1 aliphatic heterocycles. The number of thiazole rings is 1. The predicted molar refractivity (Wildman–Crippen MR) is 169 cm³/mol. The van der Waals surface area contributed by atoms with Crippen LogP contribution in [0.4, 0.5) is 22.3 Å². The molecule has 222 valence electrons. The quantitative estimate of drug-likeness (QED) is 0.321. The smallest absolute Gasteiger partial charge is 0.287 e. The monoisotopic (exact) mass is 599 g/mol. The third kappa shape index (κ3) is 8.16. The summed E-state index contributed by atoms with van der Waals surface area (Å²) in [6.07, 6.45) is 1.67. The van der Waals surface area contributed by atoms with Crippen LogP contribution < -0.4 is 15.1 Å². The van der Waals surface area contributed by atoms with Gasteiger partial charge < -0.3 is 15.0 Å². The van der Waals surface area contributed by atoms with Crippen molar-refractivity contribution in [3.63, 3.8) is 0 Å². The third-order valence-electron chi connectivity index (χ3n) is 6.69. The molecule has 0 aliphatic carbocycles. The van der Waals surface area contributed by atoms with Gasteiger partial charge in [-0.15, -0.1) is 0 Å². The summed E-state index contributed by atoms with van der Waals surface area (Å²) in [5.41, 5.74) is 1.01. The number of para-hydroxylation sites is 1. The van der Waals surface area contributed by atoms with Gasteiger partial charge >= 0.3 is 0 Å². The molecule has 1 aromatic carbocycles. The lowest BCUT2D eigenvalue weighted by atomic mass is 10.0. The first-order valence-corrected chi connectivity index (χ1v) is 15.2. The number of carbonyl (C=O) groups excluding carboxylic acids is 1. The first-order valence-electron chi connectivity index (χ1n) is 14.0. The van der Waals surface area contributed by atoms with Gasteiger partial charge in [-0.25, -0.2) is 15.0 Å². The lowest BCUT2D eigenvalue weighted by Gasteiger charge is -2.36. The molecule has 1 fully saturated rings. The fourth-order valence-electron chi connectivity index (χ4n) is 4.76. The van der Waals surface area contributed by atoms with Crippen LogP contribution in [-0.4, -0.2) is 76.2 Å². The van der Waals surface area contributed by atoms with Crippen molar-refractivity contribution in [2.45, 2.75) is 66.5 Å². The summed E-state index contributed by atoms with van der Waals surface area (Å²) in [6.45, 7) is 21.4. The fourth-order valence-corrected chi connectivity index (χ4v) is 5.82. The molecule has 1 N–H and O–H groups in total. The van der Waals surface area contributed by atoms with Crippen LogP contribution in [0.25, 0.3) is 0 Å². The molecule has 1 saturated heterocycles. The van der Waals surface area contributed by atoms with E-state index in [9.17, 15) is 4.79 Å². The molecule has 0 atom stereocenters. The van der Waals surface area contributed by atoms with Crippen molar-refractivity contribution in [1.29, 1.82) is 0 Å². The Labute approximate surface area is 252 Å². The minimum absolute atomic E-state index is 0.115. The number of rotatable bonds is 8. The van der Waals surface area contributed by atoms with Crippen molar-refractivity contribution in [2.24, 2.45) is 0 Å². The predicted octanol–water partition coefficient (Wildman–Crippen LogP) is 6.33. The Morgan fingerprint density at radius 2 is 1.80 bits per heavy atom. The average molecular weight is 600 g/mol. The number of aromatic nitrogens is 3. The number of aryl methyl sites for hydroxylation is 2. The molecule has 0 unspecified atom stereocenters. The van der Waals surface area contributed by atoms with Crippen LogP contribution in [0.3, 0.4) is 0 Å². The van der Waals surface area contributed by atoms with E-state index in [0.717, 1.165) is 55.7 Å². The maximum atomic E-state index is 13.8. The number of benzene rings is 1. The second-order valence-corrected chi connectivity index (χ2v) is 13.8. The number of nitrogens with zero attached hydrogens (tertiary/aromatic N) is 6. The molecule has 0 radical (unpaired) electrons. The highest BCUT2D eigenvalue weighted by Gasteiger charge is 2.33. The second kappa shape index (κ2) is 12.6. The molecular weight excluding hydrogens is 558 g/mol. The summed E-state index contributed by atoms with van der Waals surface area (Å²) in [7, 11) is 0. The molecule has 0 saturated carbocycles. The van der Waals surface area contributed by atoms with Crippen molar-refractivity contribution in [3.8, 4) is 0 Å². The van der Waals surface area contributed by atoms with Crippen LogP contribution in [0.2, 0.25) is 5.02 Å². The minimum atomic E-state index is -0.506. The summed E-state index contributed by atoms with van der Waals surface area (Å²) < 4.78 is 5.89. The Balaban J connectivity index is 1.45. The Morgan fingerprint density at radius 3 is 2.44 bits per heavy atom. The SMILES string of the molecule is Cc1nc(Nc2cnc(C(=O)N(c3c(C)cccc3Cl)C(C)(C)C)s2)cc(N2CCN(CCOC(C)(C)C)CC2)n1. The van der Waals surface area contributed by atoms with Crippen LogP contribution in [0, 0.1) is 13.8 Å². The Hall–Kier alpha value is -2.79. The van der Waals surface area contributed by atoms with E-state index in [1.165, 1.54) is 11.3 Å². The van der Waals surface area contributed by atoms with E-state index in [-0.39, 0.29) is 11.5 Å². The third-order valence-corrected chi connectivity index (χ3v) is 7.90. The molecule has 2 aromatic heterocycles. The van der Waals surface area contributed by atoms with Gasteiger partial charge in [-0.3, -0.25) is 14.6 Å². The molecule has 0 spiro atoms. The number of hydrogen-bond acceptors (Lipinski definition) is 9. The van der Waals surface area contributed by atoms with Crippen molar-refractivity contribution in [3.05, 3.63) is 51.9 Å². The highest BCUT2D eigenvalue weighted by Crippen LogP contribution is 2.36. The normalized spacial score (nSPS) is 14.8. The summed E-state index contributed by atoms with van der Waals surface area (Å²) in [6, 6.07) is 7.61. The molecule has 4 rings (SSSR count). The Bertz CT molecular complexity index is 1340. The van der Waals surface area contributed by atoms with Gasteiger partial charge in [0, 0.05) is 44.3 Å². The molecule has 0 bridgehead atoms. The molecule has 3 heterocycles. The highest BCUT2D eigenvalue weighted by molar-refractivity contribution is 7.17. The minimum Gasteiger partial charge on any atom is -0.375 e. The standard InChI is InChI=1S/C30H42ClN7O2S/c1-20-10-9-11-22(31)26(20)38(29(3,4)5)28(39)27-32-19-25(41-27)35-23-18-24(34-21(2)33-23)37-14-12-36(13-15-37)16-17-40-30(6,7)8/h9-11,18-19H,12-17H2,1-8H3,(H,33,34,35).